The van der Waals surface area contributed by atoms with Crippen LogP contribution in [0.3, 0.4) is 0 Å². The van der Waals surface area contributed by atoms with E-state index in [0.717, 1.165) is 11.3 Å². The Morgan fingerprint density at radius 1 is 1.35 bits per heavy atom. The number of nitrogens with zero attached hydrogens (tertiary/aromatic N) is 1. The van der Waals surface area contributed by atoms with Gasteiger partial charge in [-0.25, -0.2) is 0 Å². The van der Waals surface area contributed by atoms with Gasteiger partial charge >= 0.3 is 0 Å². The van der Waals surface area contributed by atoms with Crippen molar-refractivity contribution in [3.63, 3.8) is 0 Å². The minimum Gasteiger partial charge on any atom is -0.397 e. The highest BCUT2D eigenvalue weighted by Gasteiger charge is 2.13. The van der Waals surface area contributed by atoms with E-state index in [1.165, 1.54) is 0 Å². The van der Waals surface area contributed by atoms with Crippen LogP contribution in [0.2, 0.25) is 0 Å². The molecule has 4 nitrogen and oxygen atoms in total. The van der Waals surface area contributed by atoms with E-state index in [1.54, 1.807) is 23.5 Å². The number of rotatable bonds is 4. The Bertz CT molecular complexity index is 593. The number of amides is 1. The molecule has 0 saturated heterocycles. The van der Waals surface area contributed by atoms with E-state index < -0.39 is 0 Å². The minimum absolute atomic E-state index is 0.0106. The van der Waals surface area contributed by atoms with Crippen molar-refractivity contribution in [3.05, 3.63) is 46.2 Å². The summed E-state index contributed by atoms with van der Waals surface area (Å²) in [5.41, 5.74) is 9.17. The third-order valence-corrected chi connectivity index (χ3v) is 3.86. The molecule has 2 aromatic rings. The lowest BCUT2D eigenvalue weighted by atomic mass is 10.1. The molecule has 0 aliphatic rings. The highest BCUT2D eigenvalue weighted by Crippen LogP contribution is 2.23. The number of thiophene rings is 1. The first-order chi connectivity index (χ1) is 9.49. The van der Waals surface area contributed by atoms with Gasteiger partial charge in [0.2, 0.25) is 0 Å². The molecule has 3 N–H and O–H groups in total. The number of nitrogens with one attached hydrogen (secondary N) is 1. The second-order valence-corrected chi connectivity index (χ2v) is 5.70. The van der Waals surface area contributed by atoms with Crippen molar-refractivity contribution in [3.8, 4) is 0 Å². The molecule has 0 fully saturated rings. The van der Waals surface area contributed by atoms with Crippen molar-refractivity contribution in [1.82, 2.24) is 5.32 Å². The summed E-state index contributed by atoms with van der Waals surface area (Å²) < 4.78 is 0. The van der Waals surface area contributed by atoms with Crippen LogP contribution < -0.4 is 16.0 Å². The predicted octanol–water partition coefficient (Wildman–Crippen LogP) is 2.89. The van der Waals surface area contributed by atoms with Gasteiger partial charge < -0.3 is 16.0 Å². The Labute approximate surface area is 123 Å². The lowest BCUT2D eigenvalue weighted by Gasteiger charge is -2.17. The molecule has 0 saturated carbocycles. The molecule has 1 heterocycles. The maximum Gasteiger partial charge on any atom is 0.251 e. The zero-order valence-electron chi connectivity index (χ0n) is 11.9. The first-order valence-electron chi connectivity index (χ1n) is 6.39. The van der Waals surface area contributed by atoms with Gasteiger partial charge in [0.15, 0.2) is 0 Å². The molecule has 106 valence electrons. The molecule has 0 bridgehead atoms. The fraction of sp³-hybridized carbons (Fsp3) is 0.267. The molecule has 0 aliphatic heterocycles. The number of carbonyl (C=O) groups is 1. The van der Waals surface area contributed by atoms with Crippen LogP contribution in [0.4, 0.5) is 11.4 Å². The smallest absolute Gasteiger partial charge is 0.251 e. The third-order valence-electron chi connectivity index (χ3n) is 3.16. The summed E-state index contributed by atoms with van der Waals surface area (Å²) in [5, 5.41) is 7.01. The van der Waals surface area contributed by atoms with E-state index in [2.05, 4.69) is 5.32 Å². The highest BCUT2D eigenvalue weighted by atomic mass is 32.1. The van der Waals surface area contributed by atoms with Crippen LogP contribution in [0.5, 0.6) is 0 Å². The number of hydrogen-bond donors (Lipinski definition) is 2. The molecule has 1 aromatic carbocycles. The lowest BCUT2D eigenvalue weighted by Crippen LogP contribution is -2.26. The van der Waals surface area contributed by atoms with E-state index in [1.807, 2.05) is 48.8 Å². The van der Waals surface area contributed by atoms with Gasteiger partial charge in [0, 0.05) is 19.7 Å². The average molecular weight is 289 g/mol. The standard InChI is InChI=1S/C15H19N3OS/c1-10(12-6-7-20-9-12)17-15(19)11-4-5-14(18(2)3)13(16)8-11/h4-10H,16H2,1-3H3,(H,17,19). The van der Waals surface area contributed by atoms with Crippen LogP contribution in [0.1, 0.15) is 28.9 Å². The summed E-state index contributed by atoms with van der Waals surface area (Å²) in [4.78, 5) is 14.1. The number of nitrogen functional groups attached to an aromatic ring is 1. The van der Waals surface area contributed by atoms with E-state index in [9.17, 15) is 4.79 Å². The Morgan fingerprint density at radius 3 is 2.65 bits per heavy atom. The molecular weight excluding hydrogens is 270 g/mol. The van der Waals surface area contributed by atoms with E-state index in [4.69, 9.17) is 5.73 Å². The number of benzene rings is 1. The lowest BCUT2D eigenvalue weighted by molar-refractivity contribution is 0.0940. The van der Waals surface area contributed by atoms with Crippen LogP contribution in [0.15, 0.2) is 35.0 Å². The molecule has 0 aliphatic carbocycles. The normalized spacial score (nSPS) is 11.9. The molecular formula is C15H19N3OS. The zero-order valence-corrected chi connectivity index (χ0v) is 12.7. The largest absolute Gasteiger partial charge is 0.397 e. The molecule has 1 unspecified atom stereocenters. The number of nitrogens with two attached hydrogens (primary N) is 1. The van der Waals surface area contributed by atoms with Crippen molar-refractivity contribution in [2.24, 2.45) is 0 Å². The van der Waals surface area contributed by atoms with E-state index in [0.29, 0.717) is 11.3 Å². The van der Waals surface area contributed by atoms with Crippen molar-refractivity contribution in [2.75, 3.05) is 24.7 Å². The molecule has 20 heavy (non-hydrogen) atoms. The molecule has 1 amide bonds. The predicted molar refractivity (Wildman–Crippen MR) is 85.4 cm³/mol. The SMILES string of the molecule is CC(NC(=O)c1ccc(N(C)C)c(N)c1)c1ccsc1. The van der Waals surface area contributed by atoms with Gasteiger partial charge in [-0.15, -0.1) is 0 Å². The van der Waals surface area contributed by atoms with Crippen molar-refractivity contribution in [2.45, 2.75) is 13.0 Å². The van der Waals surface area contributed by atoms with Crippen LogP contribution in [0.25, 0.3) is 0 Å². The third kappa shape index (κ3) is 3.11. The van der Waals surface area contributed by atoms with Crippen LogP contribution >= 0.6 is 11.3 Å². The summed E-state index contributed by atoms with van der Waals surface area (Å²) in [6.07, 6.45) is 0. The van der Waals surface area contributed by atoms with Crippen molar-refractivity contribution in [1.29, 1.82) is 0 Å². The molecule has 5 heteroatoms. The maximum atomic E-state index is 12.2. The molecule has 2 rings (SSSR count). The maximum absolute atomic E-state index is 12.2. The average Bonchev–Trinajstić information content (AvgIpc) is 2.91. The Kier molecular flexibility index (Phi) is 4.29. The topological polar surface area (TPSA) is 58.4 Å². The van der Waals surface area contributed by atoms with Crippen molar-refractivity contribution < 1.29 is 4.79 Å². The molecule has 0 radical (unpaired) electrons. The fourth-order valence-corrected chi connectivity index (χ4v) is 2.74. The highest BCUT2D eigenvalue weighted by molar-refractivity contribution is 7.07. The Balaban J connectivity index is 2.12. The van der Waals surface area contributed by atoms with Crippen molar-refractivity contribution >= 4 is 28.6 Å². The van der Waals surface area contributed by atoms with E-state index in [-0.39, 0.29) is 11.9 Å². The summed E-state index contributed by atoms with van der Waals surface area (Å²) in [6.45, 7) is 1.97. The Hall–Kier alpha value is -2.01. The quantitative estimate of drug-likeness (QED) is 0.851. The summed E-state index contributed by atoms with van der Waals surface area (Å²) in [5.74, 6) is -0.110. The van der Waals surface area contributed by atoms with Gasteiger partial charge in [0.1, 0.15) is 0 Å². The summed E-state index contributed by atoms with van der Waals surface area (Å²) in [7, 11) is 3.84. The summed E-state index contributed by atoms with van der Waals surface area (Å²) >= 11 is 1.62. The monoisotopic (exact) mass is 289 g/mol. The second-order valence-electron chi connectivity index (χ2n) is 4.92. The second kappa shape index (κ2) is 5.96. The Morgan fingerprint density at radius 2 is 2.10 bits per heavy atom. The minimum atomic E-state index is -0.110. The van der Waals surface area contributed by atoms with Gasteiger partial charge in [0.05, 0.1) is 17.4 Å². The van der Waals surface area contributed by atoms with Gasteiger partial charge in [-0.3, -0.25) is 4.79 Å². The van der Waals surface area contributed by atoms with Crippen LogP contribution in [0, 0.1) is 0 Å². The zero-order chi connectivity index (χ0) is 14.7. The van der Waals surface area contributed by atoms with Gasteiger partial charge in [-0.05, 0) is 47.5 Å². The number of hydrogen-bond acceptors (Lipinski definition) is 4. The van der Waals surface area contributed by atoms with Gasteiger partial charge in [-0.2, -0.15) is 11.3 Å². The number of anilines is 2. The van der Waals surface area contributed by atoms with E-state index >= 15 is 0 Å². The first kappa shape index (κ1) is 14.4. The molecule has 0 spiro atoms. The van der Waals surface area contributed by atoms with Crippen LogP contribution in [-0.4, -0.2) is 20.0 Å². The molecule has 1 atom stereocenters. The van der Waals surface area contributed by atoms with Gasteiger partial charge in [-0.1, -0.05) is 0 Å². The van der Waals surface area contributed by atoms with Gasteiger partial charge in [0.25, 0.3) is 5.91 Å². The number of carbonyl (C=O) groups excluding carboxylic acids is 1. The molecule has 1 aromatic heterocycles. The fourth-order valence-electron chi connectivity index (χ4n) is 1.99. The first-order valence-corrected chi connectivity index (χ1v) is 7.33. The summed E-state index contributed by atoms with van der Waals surface area (Å²) in [6, 6.07) is 7.37. The van der Waals surface area contributed by atoms with Crippen LogP contribution in [-0.2, 0) is 0 Å².